The van der Waals surface area contributed by atoms with Gasteiger partial charge in [0.25, 0.3) is 0 Å². The zero-order chi connectivity index (χ0) is 16.7. The number of halogens is 1. The van der Waals surface area contributed by atoms with E-state index in [1.54, 1.807) is 0 Å². The van der Waals surface area contributed by atoms with Crippen LogP contribution in [0.15, 0.2) is 24.3 Å². The molecule has 0 unspecified atom stereocenters. The first-order valence-electron chi connectivity index (χ1n) is 8.40. The monoisotopic (exact) mass is 336 g/mol. The maximum Gasteiger partial charge on any atom is 0.223 e. The summed E-state index contributed by atoms with van der Waals surface area (Å²) in [5.41, 5.74) is 0.926. The first-order valence-corrected chi connectivity index (χ1v) is 8.78. The summed E-state index contributed by atoms with van der Waals surface area (Å²) < 4.78 is 0. The number of carbonyl (C=O) groups is 2. The third-order valence-corrected chi connectivity index (χ3v) is 4.80. The molecule has 0 heterocycles. The van der Waals surface area contributed by atoms with Crippen LogP contribution < -0.4 is 10.6 Å². The summed E-state index contributed by atoms with van der Waals surface area (Å²) in [6, 6.07) is 7.52. The van der Waals surface area contributed by atoms with Crippen molar-refractivity contribution in [2.45, 2.75) is 45.6 Å². The van der Waals surface area contributed by atoms with Gasteiger partial charge in [-0.1, -0.05) is 36.7 Å². The summed E-state index contributed by atoms with van der Waals surface area (Å²) in [5, 5.41) is 6.58. The molecule has 23 heavy (non-hydrogen) atoms. The van der Waals surface area contributed by atoms with E-state index in [4.69, 9.17) is 11.6 Å². The van der Waals surface area contributed by atoms with Crippen LogP contribution in [0, 0.1) is 11.8 Å². The second-order valence-corrected chi connectivity index (χ2v) is 6.56. The van der Waals surface area contributed by atoms with E-state index in [9.17, 15) is 9.59 Å². The molecule has 2 rings (SSSR count). The van der Waals surface area contributed by atoms with Crippen LogP contribution in [0.25, 0.3) is 0 Å². The van der Waals surface area contributed by atoms with Gasteiger partial charge in [0.05, 0.1) is 0 Å². The average Bonchev–Trinajstić information content (AvgIpc) is 2.59. The van der Waals surface area contributed by atoms with E-state index in [2.05, 4.69) is 10.6 Å². The molecule has 0 bridgehead atoms. The molecule has 0 atom stereocenters. The summed E-state index contributed by atoms with van der Waals surface area (Å²) in [7, 11) is 0. The Morgan fingerprint density at radius 1 is 1.04 bits per heavy atom. The Bertz CT molecular complexity index is 540. The first kappa shape index (κ1) is 17.8. The molecule has 5 heteroatoms. The normalized spacial score (nSPS) is 20.8. The number of rotatable bonds is 6. The van der Waals surface area contributed by atoms with Gasteiger partial charge < -0.3 is 10.6 Å². The Hall–Kier alpha value is -1.55. The van der Waals surface area contributed by atoms with Gasteiger partial charge in [-0.2, -0.15) is 0 Å². The molecule has 1 aromatic rings. The van der Waals surface area contributed by atoms with Crippen LogP contribution in [0.2, 0.25) is 5.02 Å². The number of hydrogen-bond donors (Lipinski definition) is 2. The number of hydrogen-bond acceptors (Lipinski definition) is 2. The highest BCUT2D eigenvalue weighted by atomic mass is 35.5. The topological polar surface area (TPSA) is 58.2 Å². The van der Waals surface area contributed by atoms with E-state index >= 15 is 0 Å². The van der Waals surface area contributed by atoms with Gasteiger partial charge in [0.15, 0.2) is 0 Å². The van der Waals surface area contributed by atoms with Gasteiger partial charge in [0.2, 0.25) is 11.8 Å². The van der Waals surface area contributed by atoms with Crippen molar-refractivity contribution in [1.82, 2.24) is 10.6 Å². The minimum absolute atomic E-state index is 0.00714. The van der Waals surface area contributed by atoms with E-state index in [1.807, 2.05) is 31.2 Å². The Kier molecular flexibility index (Phi) is 6.90. The number of amides is 2. The highest BCUT2D eigenvalue weighted by Crippen LogP contribution is 2.29. The van der Waals surface area contributed by atoms with Crippen molar-refractivity contribution in [2.24, 2.45) is 11.8 Å². The van der Waals surface area contributed by atoms with Crippen LogP contribution in [-0.4, -0.2) is 18.4 Å². The van der Waals surface area contributed by atoms with Gasteiger partial charge in [-0.3, -0.25) is 9.59 Å². The van der Waals surface area contributed by atoms with E-state index in [-0.39, 0.29) is 23.7 Å². The Morgan fingerprint density at radius 2 is 1.61 bits per heavy atom. The molecule has 0 saturated heterocycles. The zero-order valence-corrected chi connectivity index (χ0v) is 14.4. The predicted molar refractivity (Wildman–Crippen MR) is 92.0 cm³/mol. The maximum absolute atomic E-state index is 12.3. The van der Waals surface area contributed by atoms with Crippen molar-refractivity contribution in [3.05, 3.63) is 34.9 Å². The summed E-state index contributed by atoms with van der Waals surface area (Å²) in [6.07, 6.45) is 4.09. The fourth-order valence-electron chi connectivity index (χ4n) is 2.98. The molecule has 0 aromatic heterocycles. The summed E-state index contributed by atoms with van der Waals surface area (Å²) in [5.74, 6) is 0.279. The Labute approximate surface area is 143 Å². The van der Waals surface area contributed by atoms with Crippen LogP contribution >= 0.6 is 11.6 Å². The lowest BCUT2D eigenvalue weighted by Gasteiger charge is -2.27. The smallest absolute Gasteiger partial charge is 0.223 e. The van der Waals surface area contributed by atoms with Gasteiger partial charge in [-0.25, -0.2) is 0 Å². The van der Waals surface area contributed by atoms with Crippen molar-refractivity contribution in [1.29, 1.82) is 0 Å². The van der Waals surface area contributed by atoms with E-state index in [0.29, 0.717) is 11.6 Å². The second-order valence-electron chi connectivity index (χ2n) is 6.15. The molecule has 126 valence electrons. The van der Waals surface area contributed by atoms with Crippen molar-refractivity contribution in [2.75, 3.05) is 6.54 Å². The largest absolute Gasteiger partial charge is 0.356 e. The van der Waals surface area contributed by atoms with Crippen molar-refractivity contribution < 1.29 is 9.59 Å². The number of carbonyl (C=O) groups excluding carboxylic acids is 2. The quantitative estimate of drug-likeness (QED) is 0.837. The molecule has 2 amide bonds. The second kappa shape index (κ2) is 8.92. The van der Waals surface area contributed by atoms with Crippen LogP contribution in [0.4, 0.5) is 0 Å². The average molecular weight is 337 g/mol. The highest BCUT2D eigenvalue weighted by molar-refractivity contribution is 6.31. The number of benzene rings is 1. The molecule has 4 nitrogen and oxygen atoms in total. The van der Waals surface area contributed by atoms with E-state index in [1.165, 1.54) is 0 Å². The molecule has 1 aliphatic carbocycles. The summed E-state index contributed by atoms with van der Waals surface area (Å²) in [4.78, 5) is 24.2. The standard InChI is InChI=1S/C18H25ClN2O2/c1-2-11-20-17(22)13-7-9-14(10-8-13)18(23)21-12-15-5-3-4-6-16(15)19/h3-6,13-14H,2,7-12H2,1H3,(H,20,22)(H,21,23). The van der Waals surface area contributed by atoms with Gasteiger partial charge in [-0.15, -0.1) is 0 Å². The van der Waals surface area contributed by atoms with Crippen LogP contribution in [-0.2, 0) is 16.1 Å². The third-order valence-electron chi connectivity index (χ3n) is 4.43. The van der Waals surface area contributed by atoms with Gasteiger partial charge in [0, 0.05) is 29.9 Å². The predicted octanol–water partition coefficient (Wildman–Crippen LogP) is 3.29. The minimum atomic E-state index is 0.00714. The molecule has 1 saturated carbocycles. The minimum Gasteiger partial charge on any atom is -0.356 e. The van der Waals surface area contributed by atoms with E-state index < -0.39 is 0 Å². The lowest BCUT2D eigenvalue weighted by molar-refractivity contribution is -0.130. The lowest BCUT2D eigenvalue weighted by Crippen LogP contribution is -2.37. The molecule has 0 aliphatic heterocycles. The van der Waals surface area contributed by atoms with Crippen LogP contribution in [0.3, 0.4) is 0 Å². The first-order chi connectivity index (χ1) is 11.1. The van der Waals surface area contributed by atoms with Crippen LogP contribution in [0.1, 0.15) is 44.6 Å². The van der Waals surface area contributed by atoms with Gasteiger partial charge in [-0.05, 0) is 43.7 Å². The van der Waals surface area contributed by atoms with E-state index in [0.717, 1.165) is 44.2 Å². The van der Waals surface area contributed by atoms with Gasteiger partial charge >= 0.3 is 0 Å². The SMILES string of the molecule is CCCNC(=O)C1CCC(C(=O)NCc2ccccc2Cl)CC1. The van der Waals surface area contributed by atoms with Crippen molar-refractivity contribution in [3.63, 3.8) is 0 Å². The lowest BCUT2D eigenvalue weighted by atomic mass is 9.81. The zero-order valence-electron chi connectivity index (χ0n) is 13.6. The van der Waals surface area contributed by atoms with Crippen molar-refractivity contribution >= 4 is 23.4 Å². The molecular formula is C18H25ClN2O2. The number of nitrogens with one attached hydrogen (secondary N) is 2. The molecule has 0 radical (unpaired) electrons. The Morgan fingerprint density at radius 3 is 2.17 bits per heavy atom. The molecular weight excluding hydrogens is 312 g/mol. The fourth-order valence-corrected chi connectivity index (χ4v) is 3.18. The van der Waals surface area contributed by atoms with Crippen LogP contribution in [0.5, 0.6) is 0 Å². The highest BCUT2D eigenvalue weighted by Gasteiger charge is 2.29. The third kappa shape index (κ3) is 5.24. The molecule has 2 N–H and O–H groups in total. The summed E-state index contributed by atoms with van der Waals surface area (Å²) in [6.45, 7) is 3.23. The molecule has 0 spiro atoms. The molecule has 1 fully saturated rings. The summed E-state index contributed by atoms with van der Waals surface area (Å²) >= 11 is 6.09. The Balaban J connectivity index is 1.75. The molecule has 1 aliphatic rings. The molecule has 1 aromatic carbocycles. The maximum atomic E-state index is 12.3. The van der Waals surface area contributed by atoms with Crippen molar-refractivity contribution in [3.8, 4) is 0 Å². The van der Waals surface area contributed by atoms with Gasteiger partial charge in [0.1, 0.15) is 0 Å². The fraction of sp³-hybridized carbons (Fsp3) is 0.556.